The lowest BCUT2D eigenvalue weighted by Gasteiger charge is -2.40. The molecule has 0 saturated carbocycles. The van der Waals surface area contributed by atoms with Gasteiger partial charge in [-0.25, -0.2) is 4.98 Å². The molecule has 6 nitrogen and oxygen atoms in total. The number of fused-ring (bicyclic) bond motifs is 1. The van der Waals surface area contributed by atoms with Gasteiger partial charge in [-0.15, -0.1) is 4.36 Å². The van der Waals surface area contributed by atoms with Crippen molar-refractivity contribution in [1.82, 2.24) is 14.9 Å². The average Bonchev–Trinajstić information content (AvgIpc) is 3.22. The van der Waals surface area contributed by atoms with E-state index in [1.54, 1.807) is 6.07 Å². The molecule has 0 aromatic heterocycles. The first kappa shape index (κ1) is 16.9. The predicted molar refractivity (Wildman–Crippen MR) is 93.7 cm³/mol. The molecule has 1 fully saturated rings. The van der Waals surface area contributed by atoms with Crippen molar-refractivity contribution < 1.29 is 8.42 Å². The van der Waals surface area contributed by atoms with E-state index in [1.165, 1.54) is 17.1 Å². The van der Waals surface area contributed by atoms with Crippen LogP contribution in [0.2, 0.25) is 0 Å². The number of hydrogen-bond acceptors (Lipinski definition) is 5. The van der Waals surface area contributed by atoms with Crippen LogP contribution in [0, 0.1) is 5.92 Å². The molecule has 0 aliphatic carbocycles. The van der Waals surface area contributed by atoms with Crippen LogP contribution in [0.1, 0.15) is 25.8 Å². The van der Waals surface area contributed by atoms with Crippen LogP contribution >= 0.6 is 0 Å². The molecular weight excluding hydrogens is 324 g/mol. The van der Waals surface area contributed by atoms with Gasteiger partial charge in [0.1, 0.15) is 5.69 Å². The summed E-state index contributed by atoms with van der Waals surface area (Å²) < 4.78 is 26.8. The Morgan fingerprint density at radius 3 is 2.71 bits per heavy atom. The molecule has 24 heavy (non-hydrogen) atoms. The maximum Gasteiger partial charge on any atom is 0.316 e. The SMILES string of the molecule is CC1CNCCC1(C)c1cccc(N=S(=O)=O)c1.Cn1cc2nc1-2. The molecule has 4 rings (SSSR count). The van der Waals surface area contributed by atoms with E-state index in [0.717, 1.165) is 19.5 Å². The van der Waals surface area contributed by atoms with Gasteiger partial charge < -0.3 is 9.88 Å². The quantitative estimate of drug-likeness (QED) is 0.774. The van der Waals surface area contributed by atoms with Crippen LogP contribution in [-0.2, 0) is 23.0 Å². The summed E-state index contributed by atoms with van der Waals surface area (Å²) in [6, 6.07) is 7.54. The van der Waals surface area contributed by atoms with E-state index < -0.39 is 10.5 Å². The molecule has 3 aliphatic heterocycles. The summed E-state index contributed by atoms with van der Waals surface area (Å²) in [4.78, 5) is 3.95. The standard InChI is InChI=1S/C13H18N2O2S.C4H4N2/c1-10-9-14-7-6-13(10,2)11-4-3-5-12(8-11)15-18(16)17;1-6-2-3-4(6)5-3/h3-5,8,10,14H,6-7,9H2,1-2H3;2H,1H3. The minimum absolute atomic E-state index is 0.0845. The predicted octanol–water partition coefficient (Wildman–Crippen LogP) is 2.67. The Hall–Kier alpha value is -1.99. The molecule has 2 unspecified atom stereocenters. The molecule has 0 bridgehead atoms. The first-order valence-electron chi connectivity index (χ1n) is 8.06. The van der Waals surface area contributed by atoms with Gasteiger partial charge in [0.2, 0.25) is 0 Å². The molecule has 128 valence electrons. The summed E-state index contributed by atoms with van der Waals surface area (Å²) in [5.74, 6) is 1.69. The maximum atomic E-state index is 10.6. The number of benzene rings is 1. The third-order valence-corrected chi connectivity index (χ3v) is 5.46. The molecule has 0 spiro atoms. The Morgan fingerprint density at radius 2 is 2.21 bits per heavy atom. The maximum absolute atomic E-state index is 10.6. The highest BCUT2D eigenvalue weighted by Gasteiger charge is 2.35. The number of nitrogens with zero attached hydrogens (tertiary/aromatic N) is 3. The number of nitrogens with one attached hydrogen (secondary N) is 1. The van der Waals surface area contributed by atoms with Crippen molar-refractivity contribution in [2.75, 3.05) is 13.1 Å². The third-order valence-electron chi connectivity index (χ3n) is 5.10. The minimum Gasteiger partial charge on any atom is -0.332 e. The van der Waals surface area contributed by atoms with Crippen molar-refractivity contribution in [1.29, 1.82) is 0 Å². The largest absolute Gasteiger partial charge is 0.332 e. The molecule has 1 saturated heterocycles. The minimum atomic E-state index is -2.39. The number of piperidine rings is 1. The van der Waals surface area contributed by atoms with Gasteiger partial charge in [-0.2, -0.15) is 8.42 Å². The molecule has 7 heteroatoms. The van der Waals surface area contributed by atoms with E-state index in [1.807, 2.05) is 29.9 Å². The Labute approximate surface area is 143 Å². The lowest BCUT2D eigenvalue weighted by atomic mass is 9.68. The van der Waals surface area contributed by atoms with Crippen molar-refractivity contribution in [2.24, 2.45) is 17.3 Å². The highest BCUT2D eigenvalue weighted by molar-refractivity contribution is 7.61. The summed E-state index contributed by atoms with van der Waals surface area (Å²) in [7, 11) is -0.394. The number of hydrogen-bond donors (Lipinski definition) is 1. The highest BCUT2D eigenvalue weighted by Crippen LogP contribution is 2.38. The molecule has 1 aromatic carbocycles. The fourth-order valence-corrected chi connectivity index (χ4v) is 3.47. The van der Waals surface area contributed by atoms with Crippen molar-refractivity contribution >= 4 is 16.2 Å². The van der Waals surface area contributed by atoms with Gasteiger partial charge in [-0.1, -0.05) is 26.0 Å². The zero-order valence-electron chi connectivity index (χ0n) is 14.2. The van der Waals surface area contributed by atoms with Gasteiger partial charge >= 0.3 is 10.5 Å². The number of aromatic nitrogens is 2. The molecule has 3 aliphatic rings. The smallest absolute Gasteiger partial charge is 0.316 e. The molecule has 3 heterocycles. The highest BCUT2D eigenvalue weighted by atomic mass is 32.2. The Kier molecular flexibility index (Phi) is 4.56. The fourth-order valence-electron chi connectivity index (χ4n) is 3.18. The second-order valence-corrected chi connectivity index (χ2v) is 7.31. The Balaban J connectivity index is 0.000000231. The van der Waals surface area contributed by atoms with Crippen molar-refractivity contribution in [3.8, 4) is 11.5 Å². The first-order chi connectivity index (χ1) is 11.4. The normalized spacial score (nSPS) is 23.9. The summed E-state index contributed by atoms with van der Waals surface area (Å²) in [5, 5.41) is 3.38. The Morgan fingerprint density at radius 1 is 1.42 bits per heavy atom. The average molecular weight is 346 g/mol. The molecule has 2 atom stereocenters. The summed E-state index contributed by atoms with van der Waals surface area (Å²) >= 11 is 0. The zero-order valence-corrected chi connectivity index (χ0v) is 15.0. The van der Waals surface area contributed by atoms with E-state index in [0.29, 0.717) is 11.6 Å². The first-order valence-corrected chi connectivity index (χ1v) is 9.09. The van der Waals surface area contributed by atoms with E-state index >= 15 is 0 Å². The van der Waals surface area contributed by atoms with Crippen LogP contribution in [-0.4, -0.2) is 31.1 Å². The lowest BCUT2D eigenvalue weighted by molar-refractivity contribution is 0.238. The number of rotatable bonds is 2. The van der Waals surface area contributed by atoms with Gasteiger partial charge in [0.25, 0.3) is 0 Å². The van der Waals surface area contributed by atoms with E-state index in [-0.39, 0.29) is 5.41 Å². The van der Waals surface area contributed by atoms with Gasteiger partial charge in [0.15, 0.2) is 5.82 Å². The molecule has 1 aromatic rings. The van der Waals surface area contributed by atoms with Gasteiger partial charge in [0, 0.05) is 13.2 Å². The summed E-state index contributed by atoms with van der Waals surface area (Å²) in [6.45, 7) is 6.45. The summed E-state index contributed by atoms with van der Waals surface area (Å²) in [5.41, 5.74) is 2.95. The fraction of sp³-hybridized carbons (Fsp3) is 0.471. The van der Waals surface area contributed by atoms with Gasteiger partial charge in [-0.3, -0.25) is 0 Å². The van der Waals surface area contributed by atoms with E-state index in [9.17, 15) is 8.42 Å². The lowest BCUT2D eigenvalue weighted by Crippen LogP contribution is -2.44. The van der Waals surface area contributed by atoms with Crippen molar-refractivity contribution in [2.45, 2.75) is 25.7 Å². The topological polar surface area (TPSA) is 76.3 Å². The van der Waals surface area contributed by atoms with E-state index in [4.69, 9.17) is 0 Å². The monoisotopic (exact) mass is 346 g/mol. The number of imidazole rings is 1. The van der Waals surface area contributed by atoms with Crippen molar-refractivity contribution in [3.05, 3.63) is 36.0 Å². The van der Waals surface area contributed by atoms with Gasteiger partial charge in [-0.05, 0) is 48.5 Å². The Bertz CT molecular complexity index is 880. The van der Waals surface area contributed by atoms with Crippen LogP contribution in [0.5, 0.6) is 0 Å². The molecule has 0 amide bonds. The zero-order chi connectivity index (χ0) is 17.3. The van der Waals surface area contributed by atoms with Crippen LogP contribution in [0.15, 0.2) is 34.8 Å². The second-order valence-electron chi connectivity index (χ2n) is 6.69. The summed E-state index contributed by atoms with van der Waals surface area (Å²) in [6.07, 6.45) is 3.06. The van der Waals surface area contributed by atoms with Crippen LogP contribution in [0.25, 0.3) is 11.5 Å². The van der Waals surface area contributed by atoms with Crippen molar-refractivity contribution in [3.63, 3.8) is 0 Å². The molecular formula is C17H22N4O2S. The molecule has 1 N–H and O–H groups in total. The second kappa shape index (κ2) is 6.49. The van der Waals surface area contributed by atoms with E-state index in [2.05, 4.69) is 34.6 Å². The number of aryl methyl sites for hydroxylation is 1. The van der Waals surface area contributed by atoms with Gasteiger partial charge in [0.05, 0.1) is 5.69 Å². The van der Waals surface area contributed by atoms with Crippen LogP contribution < -0.4 is 5.32 Å². The van der Waals surface area contributed by atoms with Crippen LogP contribution in [0.4, 0.5) is 5.69 Å². The van der Waals surface area contributed by atoms with Crippen LogP contribution in [0.3, 0.4) is 0 Å². The third kappa shape index (κ3) is 3.42. The molecule has 0 radical (unpaired) electrons.